The summed E-state index contributed by atoms with van der Waals surface area (Å²) in [5, 5.41) is 0.284. The van der Waals surface area contributed by atoms with Crippen LogP contribution in [0.25, 0.3) is 22.6 Å². The number of rotatable bonds is 3. The van der Waals surface area contributed by atoms with E-state index in [0.29, 0.717) is 17.1 Å². The van der Waals surface area contributed by atoms with E-state index in [1.54, 1.807) is 36.5 Å². The quantitative estimate of drug-likeness (QED) is 0.727. The fourth-order valence-corrected chi connectivity index (χ4v) is 2.48. The number of nitrogens with one attached hydrogen (secondary N) is 1. The molecule has 0 aliphatic carbocycles. The van der Waals surface area contributed by atoms with Crippen LogP contribution in [0.2, 0.25) is 5.02 Å². The molecule has 6 heteroatoms. The van der Waals surface area contributed by atoms with Crippen LogP contribution in [0.1, 0.15) is 10.4 Å². The highest BCUT2D eigenvalue weighted by Gasteiger charge is 2.14. The molecule has 23 heavy (non-hydrogen) atoms. The number of nitrogens with zero attached hydrogens (tertiary/aromatic N) is 1. The summed E-state index contributed by atoms with van der Waals surface area (Å²) < 4.78 is 18.6. The third-order valence-corrected chi connectivity index (χ3v) is 3.71. The second-order valence-corrected chi connectivity index (χ2v) is 5.22. The molecule has 1 heterocycles. The van der Waals surface area contributed by atoms with Gasteiger partial charge in [-0.2, -0.15) is 0 Å². The summed E-state index contributed by atoms with van der Waals surface area (Å²) in [6.45, 7) is 0. The van der Waals surface area contributed by atoms with Gasteiger partial charge in [0.1, 0.15) is 11.6 Å². The largest absolute Gasteiger partial charge is 0.465 e. The Bertz CT molecular complexity index is 839. The van der Waals surface area contributed by atoms with Gasteiger partial charge < -0.3 is 9.72 Å². The summed E-state index contributed by atoms with van der Waals surface area (Å²) in [6.07, 6.45) is 1.59. The van der Waals surface area contributed by atoms with E-state index in [2.05, 4.69) is 14.7 Å². The van der Waals surface area contributed by atoms with Crippen molar-refractivity contribution >= 4 is 17.6 Å². The molecule has 4 nitrogen and oxygen atoms in total. The first kappa shape index (κ1) is 15.2. The number of imidazole rings is 1. The van der Waals surface area contributed by atoms with Gasteiger partial charge in [-0.05, 0) is 29.8 Å². The molecule has 1 N–H and O–H groups in total. The number of ether oxygens (including phenoxy) is 1. The SMILES string of the molecule is COC(=O)c1ccc(-c2cnc(-c3c(F)cccc3Cl)[nH]2)cc1. The van der Waals surface area contributed by atoms with E-state index < -0.39 is 11.8 Å². The lowest BCUT2D eigenvalue weighted by molar-refractivity contribution is 0.0601. The number of carbonyl (C=O) groups excluding carboxylic acids is 1. The highest BCUT2D eigenvalue weighted by Crippen LogP contribution is 2.30. The van der Waals surface area contributed by atoms with Gasteiger partial charge in [0.15, 0.2) is 0 Å². The number of methoxy groups -OCH3 is 1. The van der Waals surface area contributed by atoms with Crippen molar-refractivity contribution in [2.24, 2.45) is 0 Å². The molecular formula is C17H12ClFN2O2. The first-order valence-corrected chi connectivity index (χ1v) is 7.16. The van der Waals surface area contributed by atoms with Crippen molar-refractivity contribution in [1.29, 1.82) is 0 Å². The number of H-pyrrole nitrogens is 1. The molecule has 0 aliphatic heterocycles. The molecule has 0 atom stereocenters. The summed E-state index contributed by atoms with van der Waals surface area (Å²) in [6, 6.07) is 11.3. The van der Waals surface area contributed by atoms with E-state index in [9.17, 15) is 9.18 Å². The Hall–Kier alpha value is -2.66. The average molecular weight is 331 g/mol. The first-order chi connectivity index (χ1) is 11.1. The van der Waals surface area contributed by atoms with E-state index >= 15 is 0 Å². The zero-order valence-electron chi connectivity index (χ0n) is 12.1. The van der Waals surface area contributed by atoms with Gasteiger partial charge in [0.2, 0.25) is 0 Å². The number of carbonyl (C=O) groups is 1. The monoisotopic (exact) mass is 330 g/mol. The molecule has 0 saturated heterocycles. The Morgan fingerprint density at radius 3 is 2.61 bits per heavy atom. The number of hydrogen-bond acceptors (Lipinski definition) is 3. The second kappa shape index (κ2) is 6.22. The van der Waals surface area contributed by atoms with E-state index in [1.165, 1.54) is 19.2 Å². The number of hydrogen-bond donors (Lipinski definition) is 1. The third-order valence-electron chi connectivity index (χ3n) is 3.39. The summed E-state index contributed by atoms with van der Waals surface area (Å²) in [5.74, 6) is -0.500. The summed E-state index contributed by atoms with van der Waals surface area (Å²) >= 11 is 6.04. The molecule has 0 amide bonds. The van der Waals surface area contributed by atoms with Crippen molar-refractivity contribution in [2.75, 3.05) is 7.11 Å². The van der Waals surface area contributed by atoms with Crippen molar-refractivity contribution in [3.05, 3.63) is 65.1 Å². The lowest BCUT2D eigenvalue weighted by Gasteiger charge is -2.03. The van der Waals surface area contributed by atoms with Crippen molar-refractivity contribution in [3.63, 3.8) is 0 Å². The highest BCUT2D eigenvalue weighted by molar-refractivity contribution is 6.33. The number of benzene rings is 2. The number of aromatic amines is 1. The zero-order valence-corrected chi connectivity index (χ0v) is 12.9. The Balaban J connectivity index is 1.95. The molecule has 116 valence electrons. The van der Waals surface area contributed by atoms with Gasteiger partial charge in [0.25, 0.3) is 0 Å². The van der Waals surface area contributed by atoms with Crippen LogP contribution < -0.4 is 0 Å². The molecule has 0 fully saturated rings. The maximum atomic E-state index is 13.9. The van der Waals surface area contributed by atoms with Gasteiger partial charge in [-0.1, -0.05) is 29.8 Å². The molecular weight excluding hydrogens is 319 g/mol. The van der Waals surface area contributed by atoms with Gasteiger partial charge in [0.05, 0.1) is 35.2 Å². The van der Waals surface area contributed by atoms with E-state index in [0.717, 1.165) is 5.56 Å². The molecule has 0 radical (unpaired) electrons. The van der Waals surface area contributed by atoms with Crippen LogP contribution in [0.4, 0.5) is 4.39 Å². The van der Waals surface area contributed by atoms with Gasteiger partial charge in [-0.25, -0.2) is 14.2 Å². The van der Waals surface area contributed by atoms with E-state index in [1.807, 2.05) is 0 Å². The molecule has 0 saturated carbocycles. The maximum Gasteiger partial charge on any atom is 0.337 e. The molecule has 3 aromatic rings. The Kier molecular flexibility index (Phi) is 4.12. The molecule has 0 spiro atoms. The standard InChI is InChI=1S/C17H12ClFN2O2/c1-23-17(22)11-7-5-10(6-8-11)14-9-20-16(21-14)15-12(18)3-2-4-13(15)19/h2-9H,1H3,(H,20,21). The molecule has 1 aromatic heterocycles. The minimum atomic E-state index is -0.445. The van der Waals surface area contributed by atoms with Gasteiger partial charge >= 0.3 is 5.97 Å². The lowest BCUT2D eigenvalue weighted by Crippen LogP contribution is -2.00. The second-order valence-electron chi connectivity index (χ2n) is 4.81. The van der Waals surface area contributed by atoms with Gasteiger partial charge in [-0.15, -0.1) is 0 Å². The smallest absolute Gasteiger partial charge is 0.337 e. The summed E-state index contributed by atoms with van der Waals surface area (Å²) in [5.41, 5.74) is 2.18. The Morgan fingerprint density at radius 1 is 1.22 bits per heavy atom. The van der Waals surface area contributed by atoms with Crippen molar-refractivity contribution in [3.8, 4) is 22.6 Å². The Labute approximate surface area is 136 Å². The van der Waals surface area contributed by atoms with Crippen LogP contribution in [0.5, 0.6) is 0 Å². The molecule has 0 bridgehead atoms. The highest BCUT2D eigenvalue weighted by atomic mass is 35.5. The Morgan fingerprint density at radius 2 is 1.96 bits per heavy atom. The third kappa shape index (κ3) is 2.96. The van der Waals surface area contributed by atoms with Gasteiger partial charge in [-0.3, -0.25) is 0 Å². The number of esters is 1. The summed E-state index contributed by atoms with van der Waals surface area (Å²) in [4.78, 5) is 18.7. The zero-order chi connectivity index (χ0) is 16.4. The van der Waals surface area contributed by atoms with Crippen LogP contribution in [0.3, 0.4) is 0 Å². The van der Waals surface area contributed by atoms with Crippen LogP contribution in [0, 0.1) is 5.82 Å². The minimum Gasteiger partial charge on any atom is -0.465 e. The average Bonchev–Trinajstić information content (AvgIpc) is 3.04. The summed E-state index contributed by atoms with van der Waals surface area (Å²) in [7, 11) is 1.33. The maximum absolute atomic E-state index is 13.9. The van der Waals surface area contributed by atoms with Crippen LogP contribution in [0.15, 0.2) is 48.7 Å². The van der Waals surface area contributed by atoms with Crippen molar-refractivity contribution < 1.29 is 13.9 Å². The van der Waals surface area contributed by atoms with E-state index in [4.69, 9.17) is 11.6 Å². The predicted molar refractivity (Wildman–Crippen MR) is 85.8 cm³/mol. The van der Waals surface area contributed by atoms with E-state index in [-0.39, 0.29) is 10.6 Å². The minimum absolute atomic E-state index is 0.228. The first-order valence-electron chi connectivity index (χ1n) is 6.78. The van der Waals surface area contributed by atoms with Crippen molar-refractivity contribution in [2.45, 2.75) is 0 Å². The lowest BCUT2D eigenvalue weighted by atomic mass is 10.1. The van der Waals surface area contributed by atoms with Gasteiger partial charge in [0, 0.05) is 0 Å². The molecule has 3 rings (SSSR count). The van der Waals surface area contributed by atoms with Crippen LogP contribution in [-0.4, -0.2) is 23.0 Å². The fourth-order valence-electron chi connectivity index (χ4n) is 2.22. The van der Waals surface area contributed by atoms with Crippen LogP contribution in [-0.2, 0) is 4.74 Å². The number of halogens is 2. The fraction of sp³-hybridized carbons (Fsp3) is 0.0588. The predicted octanol–water partition coefficient (Wildman–Crippen LogP) is 4.32. The molecule has 2 aromatic carbocycles. The van der Waals surface area contributed by atoms with Crippen LogP contribution >= 0.6 is 11.6 Å². The number of aromatic nitrogens is 2. The van der Waals surface area contributed by atoms with Crippen molar-refractivity contribution in [1.82, 2.24) is 9.97 Å². The topological polar surface area (TPSA) is 55.0 Å². The molecule has 0 aliphatic rings. The molecule has 0 unspecified atom stereocenters. The normalized spacial score (nSPS) is 10.6.